The molecule has 0 unspecified atom stereocenters. The van der Waals surface area contributed by atoms with E-state index in [4.69, 9.17) is 4.98 Å². The van der Waals surface area contributed by atoms with E-state index in [1.54, 1.807) is 19.3 Å². The third-order valence-electron chi connectivity index (χ3n) is 6.69. The summed E-state index contributed by atoms with van der Waals surface area (Å²) in [4.78, 5) is 21.7. The molecule has 34 heavy (non-hydrogen) atoms. The van der Waals surface area contributed by atoms with Crippen LogP contribution in [0.4, 0.5) is 20.7 Å². The number of carbonyl (C=O) groups is 1. The van der Waals surface area contributed by atoms with Gasteiger partial charge in [-0.3, -0.25) is 4.98 Å². The predicted molar refractivity (Wildman–Crippen MR) is 132 cm³/mol. The lowest BCUT2D eigenvalue weighted by Crippen LogP contribution is -2.41. The molecule has 1 fully saturated rings. The Morgan fingerprint density at radius 1 is 1.18 bits per heavy atom. The summed E-state index contributed by atoms with van der Waals surface area (Å²) < 4.78 is 14.8. The number of fused-ring (bicyclic) bond motifs is 1. The molecule has 0 bridgehead atoms. The number of anilines is 2. The van der Waals surface area contributed by atoms with Crippen LogP contribution in [-0.4, -0.2) is 29.1 Å². The van der Waals surface area contributed by atoms with Gasteiger partial charge < -0.3 is 16.0 Å². The van der Waals surface area contributed by atoms with Crippen LogP contribution in [0.25, 0.3) is 22.0 Å². The van der Waals surface area contributed by atoms with Gasteiger partial charge in [0, 0.05) is 42.0 Å². The number of aryl methyl sites for hydroxylation is 2. The first-order valence-corrected chi connectivity index (χ1v) is 11.5. The number of hydrogen-bond donors (Lipinski definition) is 3. The number of rotatable bonds is 4. The summed E-state index contributed by atoms with van der Waals surface area (Å²) in [5.41, 5.74) is 3.79. The van der Waals surface area contributed by atoms with Crippen LogP contribution in [0.1, 0.15) is 43.9 Å². The largest absolute Gasteiger partial charge is 0.373 e. The van der Waals surface area contributed by atoms with Crippen molar-refractivity contribution in [2.75, 3.05) is 17.7 Å². The van der Waals surface area contributed by atoms with Crippen LogP contribution in [0.15, 0.2) is 30.5 Å². The van der Waals surface area contributed by atoms with E-state index in [0.29, 0.717) is 0 Å². The third kappa shape index (κ3) is 4.79. The van der Waals surface area contributed by atoms with Crippen molar-refractivity contribution in [3.05, 3.63) is 47.5 Å². The number of benzene rings is 1. The SMILES string of the molecule is CNc1cc2nc(C)c(-c3cc(NC(=O)N[C@H]4CC[C@@](C)(C#N)CC4)c(F)cc3C)cc2cn1. The van der Waals surface area contributed by atoms with Gasteiger partial charge in [0.2, 0.25) is 0 Å². The van der Waals surface area contributed by atoms with E-state index in [0.717, 1.165) is 64.8 Å². The van der Waals surface area contributed by atoms with E-state index >= 15 is 0 Å². The molecule has 0 saturated heterocycles. The molecule has 2 amide bonds. The zero-order chi connectivity index (χ0) is 24.5. The van der Waals surface area contributed by atoms with Gasteiger partial charge in [-0.15, -0.1) is 0 Å². The molecule has 1 aromatic carbocycles. The van der Waals surface area contributed by atoms with E-state index in [1.165, 1.54) is 6.07 Å². The normalized spacial score (nSPS) is 19.9. The maximum atomic E-state index is 14.8. The van der Waals surface area contributed by atoms with Crippen molar-refractivity contribution in [1.29, 1.82) is 5.26 Å². The molecule has 176 valence electrons. The van der Waals surface area contributed by atoms with Crippen LogP contribution in [-0.2, 0) is 0 Å². The van der Waals surface area contributed by atoms with Gasteiger partial charge in [-0.2, -0.15) is 5.26 Å². The molecule has 4 rings (SSSR count). The molecule has 3 N–H and O–H groups in total. The fourth-order valence-corrected chi connectivity index (χ4v) is 4.49. The Labute approximate surface area is 198 Å². The molecule has 0 spiro atoms. The van der Waals surface area contributed by atoms with Crippen LogP contribution >= 0.6 is 0 Å². The van der Waals surface area contributed by atoms with Crippen LogP contribution in [0.2, 0.25) is 0 Å². The smallest absolute Gasteiger partial charge is 0.319 e. The molecule has 0 aliphatic heterocycles. The lowest BCUT2D eigenvalue weighted by molar-refractivity contribution is 0.226. The number of halogens is 1. The van der Waals surface area contributed by atoms with Gasteiger partial charge >= 0.3 is 6.03 Å². The summed E-state index contributed by atoms with van der Waals surface area (Å²) in [5, 5.41) is 18.8. The zero-order valence-corrected chi connectivity index (χ0v) is 19.9. The highest BCUT2D eigenvalue weighted by molar-refractivity contribution is 5.92. The number of pyridine rings is 2. The average Bonchev–Trinajstić information content (AvgIpc) is 2.82. The van der Waals surface area contributed by atoms with Gasteiger partial charge in [-0.25, -0.2) is 14.2 Å². The topological polar surface area (TPSA) is 103 Å². The van der Waals surface area contributed by atoms with Gasteiger partial charge in [-0.05, 0) is 75.8 Å². The van der Waals surface area contributed by atoms with Gasteiger partial charge in [0.15, 0.2) is 0 Å². The van der Waals surface area contributed by atoms with E-state index in [-0.39, 0.29) is 17.1 Å². The Hall–Kier alpha value is -3.73. The van der Waals surface area contributed by atoms with Crippen LogP contribution in [0, 0.1) is 36.4 Å². The number of nitrogens with one attached hydrogen (secondary N) is 3. The predicted octanol–water partition coefficient (Wildman–Crippen LogP) is 5.69. The number of urea groups is 1. The second-order valence-corrected chi connectivity index (χ2v) is 9.33. The van der Waals surface area contributed by atoms with Gasteiger partial charge in [0.1, 0.15) is 11.6 Å². The Kier molecular flexibility index (Phi) is 6.38. The lowest BCUT2D eigenvalue weighted by atomic mass is 9.75. The molecule has 1 aliphatic rings. The van der Waals surface area contributed by atoms with Crippen LogP contribution in [0.3, 0.4) is 0 Å². The summed E-state index contributed by atoms with van der Waals surface area (Å²) in [6.07, 6.45) is 4.67. The van der Waals surface area contributed by atoms with Crippen LogP contribution < -0.4 is 16.0 Å². The van der Waals surface area contributed by atoms with Crippen molar-refractivity contribution in [3.63, 3.8) is 0 Å². The van der Waals surface area contributed by atoms with Gasteiger partial charge in [-0.1, -0.05) is 0 Å². The van der Waals surface area contributed by atoms with Crippen molar-refractivity contribution >= 4 is 28.4 Å². The summed E-state index contributed by atoms with van der Waals surface area (Å²) in [6, 6.07) is 8.83. The summed E-state index contributed by atoms with van der Waals surface area (Å²) in [6.45, 7) is 5.70. The molecule has 1 saturated carbocycles. The number of nitriles is 1. The van der Waals surface area contributed by atoms with E-state index in [9.17, 15) is 14.4 Å². The minimum Gasteiger partial charge on any atom is -0.373 e. The second-order valence-electron chi connectivity index (χ2n) is 9.33. The summed E-state index contributed by atoms with van der Waals surface area (Å²) in [7, 11) is 1.81. The quantitative estimate of drug-likeness (QED) is 0.464. The molecule has 7 nitrogen and oxygen atoms in total. The number of hydrogen-bond acceptors (Lipinski definition) is 5. The van der Waals surface area contributed by atoms with E-state index in [2.05, 4.69) is 27.0 Å². The minimum absolute atomic E-state index is 0.0312. The molecule has 0 radical (unpaired) electrons. The number of amides is 2. The fourth-order valence-electron chi connectivity index (χ4n) is 4.49. The lowest BCUT2D eigenvalue weighted by Gasteiger charge is -2.32. The molecule has 0 atom stereocenters. The Morgan fingerprint density at radius 3 is 2.59 bits per heavy atom. The average molecular weight is 461 g/mol. The van der Waals surface area contributed by atoms with Crippen LogP contribution in [0.5, 0.6) is 0 Å². The van der Waals surface area contributed by atoms with Crippen molar-refractivity contribution in [2.24, 2.45) is 5.41 Å². The van der Waals surface area contributed by atoms with Crippen molar-refractivity contribution in [3.8, 4) is 17.2 Å². The highest BCUT2D eigenvalue weighted by Crippen LogP contribution is 2.35. The maximum Gasteiger partial charge on any atom is 0.319 e. The zero-order valence-electron chi connectivity index (χ0n) is 19.9. The summed E-state index contributed by atoms with van der Waals surface area (Å²) >= 11 is 0. The molecular formula is C26H29FN6O. The van der Waals surface area contributed by atoms with Gasteiger partial charge in [0.05, 0.1) is 22.7 Å². The Bertz CT molecular complexity index is 1290. The van der Waals surface area contributed by atoms with Crippen molar-refractivity contribution in [2.45, 2.75) is 52.5 Å². The minimum atomic E-state index is -0.496. The number of aromatic nitrogens is 2. The maximum absolute atomic E-state index is 14.8. The first-order chi connectivity index (χ1) is 16.2. The molecule has 2 aromatic heterocycles. The molecule has 1 aliphatic carbocycles. The van der Waals surface area contributed by atoms with Gasteiger partial charge in [0.25, 0.3) is 0 Å². The standard InChI is InChI=1S/C26H29FN6O/c1-15-9-21(27)23(33-25(34)32-18-5-7-26(3,14-28)8-6-18)11-19(15)20-10-17-13-30-24(29-4)12-22(17)31-16(20)2/h9-13,18H,5-8H2,1-4H3,(H,29,30)(H2,32,33,34)/t18-,26+. The second kappa shape index (κ2) is 9.26. The number of carbonyl (C=O) groups excluding carboxylic acids is 1. The Morgan fingerprint density at radius 2 is 1.91 bits per heavy atom. The first-order valence-electron chi connectivity index (χ1n) is 11.5. The van der Waals surface area contributed by atoms with Crippen molar-refractivity contribution < 1.29 is 9.18 Å². The van der Waals surface area contributed by atoms with E-state index < -0.39 is 11.8 Å². The number of nitrogens with zero attached hydrogens (tertiary/aromatic N) is 3. The molecular weight excluding hydrogens is 431 g/mol. The van der Waals surface area contributed by atoms with Crippen molar-refractivity contribution in [1.82, 2.24) is 15.3 Å². The molecule has 2 heterocycles. The molecule has 3 aromatic rings. The highest BCUT2D eigenvalue weighted by atomic mass is 19.1. The fraction of sp³-hybridized carbons (Fsp3) is 0.385. The highest BCUT2D eigenvalue weighted by Gasteiger charge is 2.31. The van der Waals surface area contributed by atoms with E-state index in [1.807, 2.05) is 32.9 Å². The first kappa shape index (κ1) is 23.4. The monoisotopic (exact) mass is 460 g/mol. The third-order valence-corrected chi connectivity index (χ3v) is 6.69. The summed E-state index contributed by atoms with van der Waals surface area (Å²) in [5.74, 6) is 0.238. The Balaban J connectivity index is 1.56. The molecule has 8 heteroatoms.